The van der Waals surface area contributed by atoms with Crippen molar-refractivity contribution in [3.8, 4) is 22.9 Å². The van der Waals surface area contributed by atoms with Crippen LogP contribution in [0.4, 0.5) is 8.78 Å². The van der Waals surface area contributed by atoms with Gasteiger partial charge in [0.2, 0.25) is 11.8 Å². The summed E-state index contributed by atoms with van der Waals surface area (Å²) in [4.78, 5) is 16.2. The molecule has 7 heteroatoms. The van der Waals surface area contributed by atoms with Crippen LogP contribution in [0, 0.1) is 11.6 Å². The molecule has 0 bridgehead atoms. The zero-order chi connectivity index (χ0) is 25.3. The minimum Gasteiger partial charge on any atom is -0.473 e. The van der Waals surface area contributed by atoms with E-state index in [4.69, 9.17) is 14.2 Å². The van der Waals surface area contributed by atoms with Gasteiger partial charge in [0.05, 0.1) is 24.2 Å². The van der Waals surface area contributed by atoms with Crippen LogP contribution in [0.5, 0.6) is 11.8 Å². The molecular formula is C29H25F2NO4. The normalized spacial score (nSPS) is 10.6. The smallest absolute Gasteiger partial charge is 0.310 e. The Labute approximate surface area is 208 Å². The second-order valence-electron chi connectivity index (χ2n) is 7.97. The molecule has 4 aromatic rings. The molecule has 0 aliphatic carbocycles. The minimum absolute atomic E-state index is 0.0281. The van der Waals surface area contributed by atoms with E-state index in [1.807, 2.05) is 60.7 Å². The average Bonchev–Trinajstić information content (AvgIpc) is 2.88. The first-order chi connectivity index (χ1) is 17.5. The van der Waals surface area contributed by atoms with Crippen LogP contribution in [0.25, 0.3) is 11.1 Å². The summed E-state index contributed by atoms with van der Waals surface area (Å²) in [6.07, 6.45) is -0.232. The third-order valence-corrected chi connectivity index (χ3v) is 5.31. The van der Waals surface area contributed by atoms with Crippen molar-refractivity contribution in [3.63, 3.8) is 0 Å². The topological polar surface area (TPSA) is 57.7 Å². The van der Waals surface area contributed by atoms with E-state index < -0.39 is 17.6 Å². The third-order valence-electron chi connectivity index (χ3n) is 5.31. The van der Waals surface area contributed by atoms with Crippen molar-refractivity contribution >= 4 is 5.97 Å². The van der Waals surface area contributed by atoms with Gasteiger partial charge in [-0.15, -0.1) is 0 Å². The highest BCUT2D eigenvalue weighted by atomic mass is 19.1. The number of benzene rings is 3. The number of halogens is 2. The van der Waals surface area contributed by atoms with Crippen molar-refractivity contribution in [2.75, 3.05) is 6.61 Å². The number of pyridine rings is 1. The van der Waals surface area contributed by atoms with Gasteiger partial charge in [-0.1, -0.05) is 60.7 Å². The van der Waals surface area contributed by atoms with Crippen molar-refractivity contribution < 1.29 is 27.8 Å². The fourth-order valence-corrected chi connectivity index (χ4v) is 3.63. The number of aromatic nitrogens is 1. The quantitative estimate of drug-likeness (QED) is 0.245. The molecule has 0 fully saturated rings. The van der Waals surface area contributed by atoms with Crippen LogP contribution in [0.15, 0.2) is 84.9 Å². The lowest BCUT2D eigenvalue weighted by Gasteiger charge is -2.15. The van der Waals surface area contributed by atoms with Crippen LogP contribution in [0.2, 0.25) is 0 Å². The van der Waals surface area contributed by atoms with E-state index in [0.29, 0.717) is 0 Å². The Morgan fingerprint density at radius 3 is 1.94 bits per heavy atom. The van der Waals surface area contributed by atoms with E-state index in [9.17, 15) is 4.79 Å². The maximum absolute atomic E-state index is 15.1. The largest absolute Gasteiger partial charge is 0.473 e. The van der Waals surface area contributed by atoms with Gasteiger partial charge in [0.25, 0.3) is 0 Å². The maximum atomic E-state index is 15.1. The lowest BCUT2D eigenvalue weighted by molar-refractivity contribution is -0.142. The summed E-state index contributed by atoms with van der Waals surface area (Å²) in [6.45, 7) is 2.28. The number of ether oxygens (including phenoxy) is 3. The standard InChI is InChI=1S/C29H25F2NO4/c1-2-34-27(33)17-22-15-24(30)28(25(31)16-22)23-13-14-26(35-18-20-9-5-3-6-10-20)32-29(23)36-19-21-11-7-4-8-12-21/h3-16H,2,17-19H2,1H3. The Hall–Kier alpha value is -4.26. The molecule has 1 aromatic heterocycles. The summed E-state index contributed by atoms with van der Waals surface area (Å²) in [5.74, 6) is -1.94. The minimum atomic E-state index is -0.835. The van der Waals surface area contributed by atoms with E-state index in [0.717, 1.165) is 23.3 Å². The van der Waals surface area contributed by atoms with Crippen LogP contribution < -0.4 is 9.47 Å². The summed E-state index contributed by atoms with van der Waals surface area (Å²) in [5, 5.41) is 0. The fourth-order valence-electron chi connectivity index (χ4n) is 3.63. The molecule has 0 spiro atoms. The first-order valence-corrected chi connectivity index (χ1v) is 11.5. The molecule has 0 aliphatic rings. The molecule has 0 aliphatic heterocycles. The van der Waals surface area contributed by atoms with Crippen molar-refractivity contribution in [2.45, 2.75) is 26.6 Å². The zero-order valence-electron chi connectivity index (χ0n) is 19.7. The molecule has 3 aromatic carbocycles. The van der Waals surface area contributed by atoms with Crippen LogP contribution in [-0.2, 0) is 29.2 Å². The van der Waals surface area contributed by atoms with E-state index in [2.05, 4.69) is 4.98 Å². The summed E-state index contributed by atoms with van der Waals surface area (Å²) < 4.78 is 46.9. The number of carbonyl (C=O) groups is 1. The van der Waals surface area contributed by atoms with Gasteiger partial charge in [0, 0.05) is 6.07 Å². The summed E-state index contributed by atoms with van der Waals surface area (Å²) >= 11 is 0. The van der Waals surface area contributed by atoms with Gasteiger partial charge in [-0.25, -0.2) is 8.78 Å². The first kappa shape index (κ1) is 24.9. The van der Waals surface area contributed by atoms with E-state index >= 15 is 8.78 Å². The van der Waals surface area contributed by atoms with E-state index in [1.54, 1.807) is 13.0 Å². The predicted octanol–water partition coefficient (Wildman–Crippen LogP) is 6.29. The second kappa shape index (κ2) is 11.9. The van der Waals surface area contributed by atoms with Gasteiger partial charge in [-0.05, 0) is 41.8 Å². The Morgan fingerprint density at radius 1 is 0.778 bits per heavy atom. The van der Waals surface area contributed by atoms with E-state index in [-0.39, 0.29) is 54.7 Å². The van der Waals surface area contributed by atoms with Crippen LogP contribution >= 0.6 is 0 Å². The number of esters is 1. The number of hydrogen-bond donors (Lipinski definition) is 0. The number of carbonyl (C=O) groups excluding carboxylic acids is 1. The lowest BCUT2D eigenvalue weighted by Crippen LogP contribution is -2.08. The third kappa shape index (κ3) is 6.44. The molecular weight excluding hydrogens is 464 g/mol. The Bertz CT molecular complexity index is 1290. The van der Waals surface area contributed by atoms with E-state index in [1.165, 1.54) is 6.07 Å². The predicted molar refractivity (Wildman–Crippen MR) is 131 cm³/mol. The van der Waals surface area contributed by atoms with Crippen molar-refractivity contribution in [3.05, 3.63) is 113 Å². The van der Waals surface area contributed by atoms with Crippen molar-refractivity contribution in [2.24, 2.45) is 0 Å². The number of nitrogens with zero attached hydrogens (tertiary/aromatic N) is 1. The van der Waals surface area contributed by atoms with Crippen LogP contribution in [0.3, 0.4) is 0 Å². The van der Waals surface area contributed by atoms with Gasteiger partial charge in [0.1, 0.15) is 24.8 Å². The molecule has 0 N–H and O–H groups in total. The average molecular weight is 490 g/mol. The molecule has 0 unspecified atom stereocenters. The van der Waals surface area contributed by atoms with Crippen LogP contribution in [0.1, 0.15) is 23.6 Å². The van der Waals surface area contributed by atoms with Crippen molar-refractivity contribution in [1.82, 2.24) is 4.98 Å². The van der Waals surface area contributed by atoms with Crippen LogP contribution in [-0.4, -0.2) is 17.6 Å². The molecule has 4 rings (SSSR count). The molecule has 0 amide bonds. The molecule has 36 heavy (non-hydrogen) atoms. The zero-order valence-corrected chi connectivity index (χ0v) is 19.7. The maximum Gasteiger partial charge on any atom is 0.310 e. The molecule has 0 saturated carbocycles. The molecule has 0 radical (unpaired) electrons. The molecule has 184 valence electrons. The van der Waals surface area contributed by atoms with Gasteiger partial charge < -0.3 is 14.2 Å². The highest BCUT2D eigenvalue weighted by molar-refractivity contribution is 5.74. The number of rotatable bonds is 10. The Balaban J connectivity index is 1.64. The highest BCUT2D eigenvalue weighted by Crippen LogP contribution is 2.35. The van der Waals surface area contributed by atoms with Gasteiger partial charge in [-0.2, -0.15) is 4.98 Å². The Kier molecular flexibility index (Phi) is 8.24. The Morgan fingerprint density at radius 2 is 1.36 bits per heavy atom. The molecule has 5 nitrogen and oxygen atoms in total. The fraction of sp³-hybridized carbons (Fsp3) is 0.172. The number of hydrogen-bond acceptors (Lipinski definition) is 5. The molecule has 0 saturated heterocycles. The van der Waals surface area contributed by atoms with Gasteiger partial charge in [-0.3, -0.25) is 4.79 Å². The summed E-state index contributed by atoms with van der Waals surface area (Å²) in [7, 11) is 0. The monoisotopic (exact) mass is 489 g/mol. The van der Waals surface area contributed by atoms with Crippen molar-refractivity contribution in [1.29, 1.82) is 0 Å². The lowest BCUT2D eigenvalue weighted by atomic mass is 10.0. The first-order valence-electron chi connectivity index (χ1n) is 11.5. The highest BCUT2D eigenvalue weighted by Gasteiger charge is 2.20. The molecule has 1 heterocycles. The summed E-state index contributed by atoms with van der Waals surface area (Å²) in [5.41, 5.74) is 1.83. The molecule has 0 atom stereocenters. The SMILES string of the molecule is CCOC(=O)Cc1cc(F)c(-c2ccc(OCc3ccccc3)nc2OCc2ccccc2)c(F)c1. The van der Waals surface area contributed by atoms with Gasteiger partial charge >= 0.3 is 5.97 Å². The van der Waals surface area contributed by atoms with Gasteiger partial charge in [0.15, 0.2) is 0 Å². The second-order valence-corrected chi connectivity index (χ2v) is 7.97. The summed E-state index contributed by atoms with van der Waals surface area (Å²) in [6, 6.07) is 24.2.